The van der Waals surface area contributed by atoms with E-state index in [1.807, 2.05) is 13.0 Å². The molecule has 0 fully saturated rings. The van der Waals surface area contributed by atoms with Gasteiger partial charge in [0.2, 0.25) is 15.9 Å². The zero-order valence-corrected chi connectivity index (χ0v) is 18.7. The van der Waals surface area contributed by atoms with Gasteiger partial charge in [-0.2, -0.15) is 4.72 Å². The summed E-state index contributed by atoms with van der Waals surface area (Å²) in [5, 5.41) is 11.5. The van der Waals surface area contributed by atoms with Crippen LogP contribution in [0.1, 0.15) is 11.1 Å². The number of rotatable bonds is 10. The third-order valence-corrected chi connectivity index (χ3v) is 6.17. The number of amides is 1. The van der Waals surface area contributed by atoms with E-state index in [1.165, 1.54) is 12.1 Å². The molecule has 0 saturated carbocycles. The fourth-order valence-corrected chi connectivity index (χ4v) is 4.12. The van der Waals surface area contributed by atoms with Crippen LogP contribution in [0.3, 0.4) is 0 Å². The number of aryl methyl sites for hydroxylation is 1. The third kappa shape index (κ3) is 7.16. The Labute approximate surface area is 192 Å². The van der Waals surface area contributed by atoms with Crippen LogP contribution in [-0.4, -0.2) is 38.0 Å². The van der Waals surface area contributed by atoms with Gasteiger partial charge in [0.25, 0.3) is 0 Å². The Morgan fingerprint density at radius 1 is 0.939 bits per heavy atom. The maximum absolute atomic E-state index is 12.9. The van der Waals surface area contributed by atoms with Crippen molar-refractivity contribution in [2.75, 3.05) is 11.9 Å². The SMILES string of the molecule is Cc1ccc(S(=O)(=O)NC(COc2ccccc2)C(=O)Nc2ccc(CC(=O)O)cc2)cc1. The lowest BCUT2D eigenvalue weighted by Gasteiger charge is -2.19. The Bertz CT molecular complexity index is 1190. The first kappa shape index (κ1) is 24.0. The van der Waals surface area contributed by atoms with Crippen molar-refractivity contribution in [3.63, 3.8) is 0 Å². The van der Waals surface area contributed by atoms with Crippen LogP contribution in [0.5, 0.6) is 5.75 Å². The fourth-order valence-electron chi connectivity index (χ4n) is 2.94. The molecule has 172 valence electrons. The maximum atomic E-state index is 12.9. The average molecular weight is 469 g/mol. The van der Waals surface area contributed by atoms with Crippen molar-refractivity contribution in [2.24, 2.45) is 0 Å². The molecule has 3 aromatic rings. The summed E-state index contributed by atoms with van der Waals surface area (Å²) in [6.45, 7) is 1.60. The van der Waals surface area contributed by atoms with E-state index < -0.39 is 27.9 Å². The monoisotopic (exact) mass is 468 g/mol. The summed E-state index contributed by atoms with van der Waals surface area (Å²) in [5.74, 6) is -1.09. The molecule has 0 bridgehead atoms. The number of carboxylic acids is 1. The minimum Gasteiger partial charge on any atom is -0.491 e. The van der Waals surface area contributed by atoms with Crippen LogP contribution in [0.25, 0.3) is 0 Å². The number of carboxylic acid groups (broad SMARTS) is 1. The number of sulfonamides is 1. The lowest BCUT2D eigenvalue weighted by atomic mass is 10.1. The van der Waals surface area contributed by atoms with Crippen LogP contribution in [0.4, 0.5) is 5.69 Å². The Kier molecular flexibility index (Phi) is 7.81. The van der Waals surface area contributed by atoms with Crippen LogP contribution >= 0.6 is 0 Å². The molecule has 1 unspecified atom stereocenters. The Morgan fingerprint density at radius 3 is 2.18 bits per heavy atom. The number of anilines is 1. The summed E-state index contributed by atoms with van der Waals surface area (Å²) in [4.78, 5) is 23.8. The zero-order chi connectivity index (χ0) is 23.8. The number of hydrogen-bond acceptors (Lipinski definition) is 5. The number of ether oxygens (including phenoxy) is 1. The van der Waals surface area contributed by atoms with E-state index >= 15 is 0 Å². The fraction of sp³-hybridized carbons (Fsp3) is 0.167. The van der Waals surface area contributed by atoms with Crippen LogP contribution in [0.2, 0.25) is 0 Å². The summed E-state index contributed by atoms with van der Waals surface area (Å²) in [5.41, 5.74) is 1.87. The molecule has 0 aliphatic heterocycles. The lowest BCUT2D eigenvalue weighted by Crippen LogP contribution is -2.47. The molecule has 0 radical (unpaired) electrons. The number of benzene rings is 3. The van der Waals surface area contributed by atoms with Gasteiger partial charge in [-0.05, 0) is 48.9 Å². The molecule has 0 heterocycles. The van der Waals surface area contributed by atoms with Gasteiger partial charge in [0, 0.05) is 5.69 Å². The third-order valence-electron chi connectivity index (χ3n) is 4.68. The molecule has 9 heteroatoms. The highest BCUT2D eigenvalue weighted by Gasteiger charge is 2.27. The molecule has 0 spiro atoms. The second kappa shape index (κ2) is 10.8. The normalized spacial score (nSPS) is 12.0. The van der Waals surface area contributed by atoms with Crippen molar-refractivity contribution in [1.82, 2.24) is 4.72 Å². The standard InChI is InChI=1S/C24H24N2O6S/c1-17-7-13-21(14-8-17)33(30,31)26-22(16-32-20-5-3-2-4-6-20)24(29)25-19-11-9-18(10-12-19)15-23(27)28/h2-14,22,26H,15-16H2,1H3,(H,25,29)(H,27,28). The second-order valence-corrected chi connectivity index (χ2v) is 9.08. The molecule has 3 rings (SSSR count). The summed E-state index contributed by atoms with van der Waals surface area (Å²) >= 11 is 0. The van der Waals surface area contributed by atoms with Gasteiger partial charge in [0.1, 0.15) is 18.4 Å². The Balaban J connectivity index is 1.77. The van der Waals surface area contributed by atoms with Crippen molar-refractivity contribution in [3.8, 4) is 5.75 Å². The highest BCUT2D eigenvalue weighted by molar-refractivity contribution is 7.89. The predicted molar refractivity (Wildman–Crippen MR) is 124 cm³/mol. The van der Waals surface area contributed by atoms with E-state index in [0.717, 1.165) is 5.56 Å². The first-order valence-corrected chi connectivity index (χ1v) is 11.6. The smallest absolute Gasteiger partial charge is 0.307 e. The lowest BCUT2D eigenvalue weighted by molar-refractivity contribution is -0.136. The number of nitrogens with one attached hydrogen (secondary N) is 2. The van der Waals surface area contributed by atoms with Gasteiger partial charge in [-0.1, -0.05) is 48.0 Å². The minimum absolute atomic E-state index is 0.0311. The molecule has 1 atom stereocenters. The first-order chi connectivity index (χ1) is 15.7. The second-order valence-electron chi connectivity index (χ2n) is 7.37. The number of hydrogen-bond donors (Lipinski definition) is 3. The summed E-state index contributed by atoms with van der Waals surface area (Å²) < 4.78 is 33.8. The van der Waals surface area contributed by atoms with Crippen molar-refractivity contribution < 1.29 is 27.9 Å². The number of carbonyl (C=O) groups excluding carboxylic acids is 1. The van der Waals surface area contributed by atoms with Gasteiger partial charge >= 0.3 is 5.97 Å². The topological polar surface area (TPSA) is 122 Å². The van der Waals surface area contributed by atoms with E-state index in [2.05, 4.69) is 10.0 Å². The Morgan fingerprint density at radius 2 is 1.58 bits per heavy atom. The zero-order valence-electron chi connectivity index (χ0n) is 17.9. The molecular weight excluding hydrogens is 444 g/mol. The first-order valence-electron chi connectivity index (χ1n) is 10.1. The highest BCUT2D eigenvalue weighted by atomic mass is 32.2. The van der Waals surface area contributed by atoms with Crippen molar-refractivity contribution in [1.29, 1.82) is 0 Å². The summed E-state index contributed by atoms with van der Waals surface area (Å²) in [6.07, 6.45) is -0.141. The Hall–Kier alpha value is -3.69. The van der Waals surface area contributed by atoms with E-state index in [0.29, 0.717) is 17.0 Å². The predicted octanol–water partition coefficient (Wildman–Crippen LogP) is 2.99. The number of aliphatic carboxylic acids is 1. The molecule has 8 nitrogen and oxygen atoms in total. The van der Waals surface area contributed by atoms with Crippen LogP contribution in [0, 0.1) is 6.92 Å². The van der Waals surface area contributed by atoms with Crippen molar-refractivity contribution in [2.45, 2.75) is 24.3 Å². The van der Waals surface area contributed by atoms with Gasteiger partial charge in [0.15, 0.2) is 0 Å². The van der Waals surface area contributed by atoms with Crippen molar-refractivity contribution in [3.05, 3.63) is 90.0 Å². The molecule has 0 aliphatic rings. The van der Waals surface area contributed by atoms with Crippen molar-refractivity contribution >= 4 is 27.6 Å². The maximum Gasteiger partial charge on any atom is 0.307 e. The van der Waals surface area contributed by atoms with Gasteiger partial charge in [-0.3, -0.25) is 9.59 Å². The van der Waals surface area contributed by atoms with Crippen LogP contribution in [-0.2, 0) is 26.0 Å². The van der Waals surface area contributed by atoms with Gasteiger partial charge < -0.3 is 15.2 Å². The molecule has 0 saturated heterocycles. The molecule has 1 amide bonds. The van der Waals surface area contributed by atoms with Gasteiger partial charge in [0.05, 0.1) is 11.3 Å². The molecule has 3 aromatic carbocycles. The number of para-hydroxylation sites is 1. The van der Waals surface area contributed by atoms with E-state index in [4.69, 9.17) is 9.84 Å². The van der Waals surface area contributed by atoms with E-state index in [1.54, 1.807) is 60.7 Å². The molecule has 0 aromatic heterocycles. The number of carbonyl (C=O) groups is 2. The highest BCUT2D eigenvalue weighted by Crippen LogP contribution is 2.15. The molecule has 33 heavy (non-hydrogen) atoms. The minimum atomic E-state index is -3.99. The van der Waals surface area contributed by atoms with E-state index in [-0.39, 0.29) is 17.9 Å². The average Bonchev–Trinajstić information content (AvgIpc) is 2.78. The van der Waals surface area contributed by atoms with Gasteiger partial charge in [-0.25, -0.2) is 8.42 Å². The summed E-state index contributed by atoms with van der Waals surface area (Å²) in [7, 11) is -3.99. The van der Waals surface area contributed by atoms with Gasteiger partial charge in [-0.15, -0.1) is 0 Å². The van der Waals surface area contributed by atoms with E-state index in [9.17, 15) is 18.0 Å². The van der Waals surface area contributed by atoms with Crippen LogP contribution in [0.15, 0.2) is 83.8 Å². The largest absolute Gasteiger partial charge is 0.491 e. The molecular formula is C24H24N2O6S. The molecule has 3 N–H and O–H groups in total. The van der Waals surface area contributed by atoms with Crippen LogP contribution < -0.4 is 14.8 Å². The quantitative estimate of drug-likeness (QED) is 0.421. The molecule has 0 aliphatic carbocycles. The summed E-state index contributed by atoms with van der Waals surface area (Å²) in [6, 6.07) is 20.0.